The van der Waals surface area contributed by atoms with Crippen LogP contribution in [-0.4, -0.2) is 35.8 Å². The molecule has 1 saturated heterocycles. The molecule has 1 heterocycles. The van der Waals surface area contributed by atoms with Crippen molar-refractivity contribution in [3.8, 4) is 0 Å². The number of carbonyl (C=O) groups excluding carboxylic acids is 2. The first-order valence-electron chi connectivity index (χ1n) is 6.69. The third-order valence-corrected chi connectivity index (χ3v) is 4.12. The summed E-state index contributed by atoms with van der Waals surface area (Å²) in [6.45, 7) is 5.62. The van der Waals surface area contributed by atoms with Gasteiger partial charge in [0.05, 0.1) is 12.5 Å². The highest BCUT2D eigenvalue weighted by atomic mass is 16.2. The average molecular weight is 238 g/mol. The van der Waals surface area contributed by atoms with Crippen molar-refractivity contribution in [1.29, 1.82) is 0 Å². The second-order valence-electron chi connectivity index (χ2n) is 5.37. The molecule has 0 aromatic rings. The third-order valence-electron chi connectivity index (χ3n) is 4.12. The van der Waals surface area contributed by atoms with Gasteiger partial charge < -0.3 is 5.32 Å². The van der Waals surface area contributed by atoms with E-state index in [0.29, 0.717) is 18.4 Å². The fraction of sp³-hybridized carbons (Fsp3) is 0.846. The molecular weight excluding hydrogens is 216 g/mol. The number of rotatable bonds is 6. The summed E-state index contributed by atoms with van der Waals surface area (Å²) in [5.41, 5.74) is 0.418. The second-order valence-corrected chi connectivity index (χ2v) is 5.37. The minimum Gasteiger partial charge on any atom is -0.305 e. The number of nitrogens with zero attached hydrogens (tertiary/aromatic N) is 1. The zero-order chi connectivity index (χ0) is 12.5. The van der Waals surface area contributed by atoms with Gasteiger partial charge in [-0.2, -0.15) is 0 Å². The second kappa shape index (κ2) is 4.77. The molecule has 0 aromatic heterocycles. The summed E-state index contributed by atoms with van der Waals surface area (Å²) >= 11 is 0. The molecule has 1 aliphatic carbocycles. The van der Waals surface area contributed by atoms with Crippen molar-refractivity contribution in [3.63, 3.8) is 0 Å². The van der Waals surface area contributed by atoms with E-state index in [1.807, 2.05) is 6.92 Å². The van der Waals surface area contributed by atoms with E-state index >= 15 is 0 Å². The fourth-order valence-electron chi connectivity index (χ4n) is 2.47. The van der Waals surface area contributed by atoms with Gasteiger partial charge in [-0.1, -0.05) is 13.8 Å². The number of hydrogen-bond donors (Lipinski definition) is 1. The van der Waals surface area contributed by atoms with Crippen LogP contribution in [0.15, 0.2) is 0 Å². The Balaban J connectivity index is 1.86. The Bertz CT molecular complexity index is 323. The molecule has 2 amide bonds. The summed E-state index contributed by atoms with van der Waals surface area (Å²) in [4.78, 5) is 25.0. The van der Waals surface area contributed by atoms with Crippen LogP contribution in [0.2, 0.25) is 0 Å². The van der Waals surface area contributed by atoms with Crippen molar-refractivity contribution < 1.29 is 9.59 Å². The molecule has 2 rings (SSSR count). The highest BCUT2D eigenvalue weighted by molar-refractivity contribution is 6.05. The average Bonchev–Trinajstić information content (AvgIpc) is 3.06. The number of carbonyl (C=O) groups is 2. The SMILES string of the molecule is CCCN1C(=O)CC(NCC2(CC)CC2)C1=O. The summed E-state index contributed by atoms with van der Waals surface area (Å²) in [6, 6.07) is -0.266. The molecule has 4 heteroatoms. The molecular formula is C13H22N2O2. The van der Waals surface area contributed by atoms with Gasteiger partial charge >= 0.3 is 0 Å². The third kappa shape index (κ3) is 2.51. The van der Waals surface area contributed by atoms with Gasteiger partial charge in [-0.25, -0.2) is 0 Å². The minimum atomic E-state index is -0.266. The van der Waals surface area contributed by atoms with Crippen LogP contribution in [-0.2, 0) is 9.59 Å². The number of amides is 2. The monoisotopic (exact) mass is 238 g/mol. The number of likely N-dealkylation sites (tertiary alicyclic amines) is 1. The van der Waals surface area contributed by atoms with Crippen molar-refractivity contribution in [2.75, 3.05) is 13.1 Å². The Morgan fingerprint density at radius 3 is 2.59 bits per heavy atom. The van der Waals surface area contributed by atoms with E-state index in [9.17, 15) is 9.59 Å². The lowest BCUT2D eigenvalue weighted by atomic mass is 10.0. The summed E-state index contributed by atoms with van der Waals surface area (Å²) in [5, 5.41) is 3.29. The van der Waals surface area contributed by atoms with Crippen LogP contribution >= 0.6 is 0 Å². The van der Waals surface area contributed by atoms with Gasteiger partial charge in [-0.3, -0.25) is 14.5 Å². The molecule has 1 atom stereocenters. The molecule has 0 spiro atoms. The molecule has 17 heavy (non-hydrogen) atoms. The lowest BCUT2D eigenvalue weighted by Gasteiger charge is -2.17. The van der Waals surface area contributed by atoms with E-state index in [0.717, 1.165) is 19.4 Å². The molecule has 1 saturated carbocycles. The lowest BCUT2D eigenvalue weighted by Crippen LogP contribution is -2.41. The zero-order valence-electron chi connectivity index (χ0n) is 10.8. The lowest BCUT2D eigenvalue weighted by molar-refractivity contribution is -0.138. The van der Waals surface area contributed by atoms with Gasteiger partial charge in [-0.05, 0) is 31.1 Å². The number of imide groups is 1. The molecule has 0 radical (unpaired) electrons. The summed E-state index contributed by atoms with van der Waals surface area (Å²) in [7, 11) is 0. The number of nitrogens with one attached hydrogen (secondary N) is 1. The van der Waals surface area contributed by atoms with E-state index in [2.05, 4.69) is 12.2 Å². The van der Waals surface area contributed by atoms with E-state index in [4.69, 9.17) is 0 Å². The molecule has 0 bridgehead atoms. The zero-order valence-corrected chi connectivity index (χ0v) is 10.8. The van der Waals surface area contributed by atoms with Crippen LogP contribution in [0.1, 0.15) is 46.0 Å². The van der Waals surface area contributed by atoms with Gasteiger partial charge in [0.15, 0.2) is 0 Å². The first-order chi connectivity index (χ1) is 8.12. The van der Waals surface area contributed by atoms with Crippen LogP contribution in [0, 0.1) is 5.41 Å². The highest BCUT2D eigenvalue weighted by Crippen LogP contribution is 2.48. The predicted octanol–water partition coefficient (Wildman–Crippen LogP) is 1.30. The quantitative estimate of drug-likeness (QED) is 0.710. The Labute approximate surface area is 103 Å². The minimum absolute atomic E-state index is 0.0179. The van der Waals surface area contributed by atoms with Crippen molar-refractivity contribution in [2.24, 2.45) is 5.41 Å². The highest BCUT2D eigenvalue weighted by Gasteiger charge is 2.43. The van der Waals surface area contributed by atoms with Crippen molar-refractivity contribution in [3.05, 3.63) is 0 Å². The van der Waals surface area contributed by atoms with E-state index in [-0.39, 0.29) is 17.9 Å². The molecule has 1 unspecified atom stereocenters. The van der Waals surface area contributed by atoms with E-state index < -0.39 is 0 Å². The van der Waals surface area contributed by atoms with Crippen LogP contribution in [0.3, 0.4) is 0 Å². The molecule has 1 N–H and O–H groups in total. The van der Waals surface area contributed by atoms with Crippen LogP contribution in [0.5, 0.6) is 0 Å². The predicted molar refractivity (Wildman–Crippen MR) is 65.4 cm³/mol. The first-order valence-corrected chi connectivity index (χ1v) is 6.69. The molecule has 0 aromatic carbocycles. The summed E-state index contributed by atoms with van der Waals surface area (Å²) < 4.78 is 0. The maximum absolute atomic E-state index is 12.0. The maximum atomic E-state index is 12.0. The summed E-state index contributed by atoms with van der Waals surface area (Å²) in [6.07, 6.45) is 4.85. The first kappa shape index (κ1) is 12.6. The van der Waals surface area contributed by atoms with Crippen LogP contribution < -0.4 is 5.32 Å². The Kier molecular flexibility index (Phi) is 3.52. The Hall–Kier alpha value is -0.900. The van der Waals surface area contributed by atoms with Crippen molar-refractivity contribution in [1.82, 2.24) is 10.2 Å². The molecule has 2 aliphatic rings. The topological polar surface area (TPSA) is 49.4 Å². The smallest absolute Gasteiger partial charge is 0.246 e. The fourth-order valence-corrected chi connectivity index (χ4v) is 2.47. The molecule has 2 fully saturated rings. The Morgan fingerprint density at radius 2 is 2.06 bits per heavy atom. The number of hydrogen-bond acceptors (Lipinski definition) is 3. The van der Waals surface area contributed by atoms with E-state index in [1.54, 1.807) is 0 Å². The van der Waals surface area contributed by atoms with E-state index in [1.165, 1.54) is 17.7 Å². The standard InChI is InChI=1S/C13H22N2O2/c1-3-7-15-11(16)8-10(12(15)17)14-9-13(4-2)5-6-13/h10,14H,3-9H2,1-2H3. The normalized spacial score (nSPS) is 26.7. The maximum Gasteiger partial charge on any atom is 0.246 e. The van der Waals surface area contributed by atoms with Crippen LogP contribution in [0.25, 0.3) is 0 Å². The van der Waals surface area contributed by atoms with Crippen LogP contribution in [0.4, 0.5) is 0 Å². The van der Waals surface area contributed by atoms with Crippen molar-refractivity contribution in [2.45, 2.75) is 52.0 Å². The van der Waals surface area contributed by atoms with Gasteiger partial charge in [0.1, 0.15) is 0 Å². The molecule has 4 nitrogen and oxygen atoms in total. The van der Waals surface area contributed by atoms with Gasteiger partial charge in [0, 0.05) is 13.1 Å². The van der Waals surface area contributed by atoms with Gasteiger partial charge in [0.25, 0.3) is 0 Å². The molecule has 96 valence electrons. The largest absolute Gasteiger partial charge is 0.305 e. The van der Waals surface area contributed by atoms with Gasteiger partial charge in [0.2, 0.25) is 11.8 Å². The summed E-state index contributed by atoms with van der Waals surface area (Å²) in [5.74, 6) is -0.0422. The van der Waals surface area contributed by atoms with Crippen molar-refractivity contribution >= 4 is 11.8 Å². The Morgan fingerprint density at radius 1 is 1.35 bits per heavy atom. The molecule has 1 aliphatic heterocycles. The van der Waals surface area contributed by atoms with Gasteiger partial charge in [-0.15, -0.1) is 0 Å².